The fraction of sp³-hybridized carbons (Fsp3) is 0.838. The summed E-state index contributed by atoms with van der Waals surface area (Å²) < 4.78 is 37.0. The van der Waals surface area contributed by atoms with Gasteiger partial charge >= 0.3 is 5.97 Å². The Bertz CT molecular complexity index is 1200. The number of fused-ring (bicyclic) bond motifs is 1. The Morgan fingerprint density at radius 3 is 2.28 bits per heavy atom. The van der Waals surface area contributed by atoms with Gasteiger partial charge < -0.3 is 53.7 Å². The number of aliphatic hydroxyl groups is 4. The molecule has 50 heavy (non-hydrogen) atoms. The molecular weight excluding hydrogens is 650 g/mol. The minimum atomic E-state index is -1.23. The molecule has 0 aromatic rings. The van der Waals surface area contributed by atoms with E-state index in [0.717, 1.165) is 6.26 Å². The monoisotopic (exact) mass is 711 g/mol. The van der Waals surface area contributed by atoms with Crippen molar-refractivity contribution in [3.8, 4) is 0 Å². The number of epoxide rings is 1. The molecule has 4 aliphatic rings. The predicted octanol–water partition coefficient (Wildman–Crippen LogP) is 3.03. The molecule has 3 fully saturated rings. The number of hydrogen-bond donors (Lipinski definition) is 4. The van der Waals surface area contributed by atoms with E-state index in [2.05, 4.69) is 0 Å². The van der Waals surface area contributed by atoms with E-state index in [1.165, 1.54) is 12.2 Å². The van der Waals surface area contributed by atoms with Gasteiger partial charge in [-0.2, -0.15) is 0 Å². The van der Waals surface area contributed by atoms with E-state index < -0.39 is 96.8 Å². The van der Waals surface area contributed by atoms with Gasteiger partial charge in [0, 0.05) is 30.1 Å². The first kappa shape index (κ1) is 40.8. The molecule has 0 unspecified atom stereocenters. The molecule has 17 atom stereocenters. The van der Waals surface area contributed by atoms with Crippen LogP contribution in [-0.2, 0) is 38.0 Å². The van der Waals surface area contributed by atoms with Crippen molar-refractivity contribution in [3.05, 3.63) is 24.5 Å². The Hall–Kier alpha value is -1.94. The molecule has 4 rings (SSSR count). The number of aliphatic hydroxyl groups excluding tert-OH is 4. The Balaban J connectivity index is 1.62. The molecule has 4 N–H and O–H groups in total. The number of carbonyl (C=O) groups is 2. The Morgan fingerprint density at radius 1 is 0.960 bits per heavy atom. The van der Waals surface area contributed by atoms with Gasteiger partial charge in [0.15, 0.2) is 18.4 Å². The molecule has 4 heterocycles. The number of carbonyl (C=O) groups excluding carboxylic acids is 2. The fourth-order valence-corrected chi connectivity index (χ4v) is 7.81. The van der Waals surface area contributed by atoms with E-state index in [0.29, 0.717) is 19.3 Å². The van der Waals surface area contributed by atoms with Crippen molar-refractivity contribution in [1.82, 2.24) is 4.90 Å². The SMILES string of the molecule is CC[C@H]1OC(=O)C[C@@H](O)[C@H](C)[C@H](O[C@H]2O[C@@H](C)[C@H](O[C@@H]3CC[C@@H](O)[C@H](C)O3)[C@@H](N(C)C)[C@@H]2O)[C@H](/C=C\O)C[C@H](C)C(=O)/C=C/[C@]2(C)O[C@H]2[C@@H]1C. The summed E-state index contributed by atoms with van der Waals surface area (Å²) in [5.74, 6) is -2.72. The highest BCUT2D eigenvalue weighted by molar-refractivity contribution is 5.91. The summed E-state index contributed by atoms with van der Waals surface area (Å²) >= 11 is 0. The van der Waals surface area contributed by atoms with Gasteiger partial charge in [-0.1, -0.05) is 27.7 Å². The molecule has 0 aromatic heterocycles. The van der Waals surface area contributed by atoms with Gasteiger partial charge in [-0.25, -0.2) is 0 Å². The largest absolute Gasteiger partial charge is 0.516 e. The third kappa shape index (κ3) is 9.53. The molecule has 4 aliphatic heterocycles. The number of ketones is 1. The molecule has 3 saturated heterocycles. The number of likely N-dealkylation sites (N-methyl/N-ethyl adjacent to an activating group) is 1. The van der Waals surface area contributed by atoms with E-state index in [-0.39, 0.29) is 30.6 Å². The van der Waals surface area contributed by atoms with Crippen LogP contribution in [0.15, 0.2) is 24.5 Å². The second-order valence-corrected chi connectivity index (χ2v) is 15.3. The highest BCUT2D eigenvalue weighted by atomic mass is 16.7. The second kappa shape index (κ2) is 17.3. The van der Waals surface area contributed by atoms with Gasteiger partial charge in [0.2, 0.25) is 0 Å². The molecule has 0 amide bonds. The van der Waals surface area contributed by atoms with Crippen molar-refractivity contribution < 1.29 is 58.4 Å². The smallest absolute Gasteiger partial charge is 0.308 e. The summed E-state index contributed by atoms with van der Waals surface area (Å²) in [5.41, 5.74) is -0.673. The number of cyclic esters (lactones) is 1. The third-order valence-corrected chi connectivity index (χ3v) is 11.2. The van der Waals surface area contributed by atoms with E-state index in [4.69, 9.17) is 28.4 Å². The summed E-state index contributed by atoms with van der Waals surface area (Å²) in [7, 11) is 3.63. The highest BCUT2D eigenvalue weighted by Gasteiger charge is 2.55. The van der Waals surface area contributed by atoms with Crippen molar-refractivity contribution in [2.45, 2.75) is 160 Å². The first-order chi connectivity index (χ1) is 23.5. The lowest BCUT2D eigenvalue weighted by Gasteiger charge is -2.49. The summed E-state index contributed by atoms with van der Waals surface area (Å²) in [6, 6.07) is -0.601. The van der Waals surface area contributed by atoms with E-state index in [1.54, 1.807) is 26.8 Å². The zero-order chi connectivity index (χ0) is 37.1. The van der Waals surface area contributed by atoms with Crippen LogP contribution in [0.3, 0.4) is 0 Å². The summed E-state index contributed by atoms with van der Waals surface area (Å²) in [6.07, 6.45) is -0.895. The van der Waals surface area contributed by atoms with Crippen LogP contribution in [0, 0.1) is 23.7 Å². The van der Waals surface area contributed by atoms with Gasteiger partial charge in [-0.05, 0) is 72.4 Å². The number of rotatable bonds is 7. The van der Waals surface area contributed by atoms with Gasteiger partial charge in [0.1, 0.15) is 23.9 Å². The number of hydrogen-bond acceptors (Lipinski definition) is 13. The fourth-order valence-electron chi connectivity index (χ4n) is 7.81. The maximum Gasteiger partial charge on any atom is 0.308 e. The van der Waals surface area contributed by atoms with Crippen LogP contribution >= 0.6 is 0 Å². The lowest BCUT2D eigenvalue weighted by molar-refractivity contribution is -0.331. The van der Waals surface area contributed by atoms with Crippen molar-refractivity contribution in [1.29, 1.82) is 0 Å². The average Bonchev–Trinajstić information content (AvgIpc) is 3.74. The standard InChI is InChI=1S/C37H61NO12/c1-10-28-21(4)35-37(7,50-35)15-13-25(40)19(2)17-24(14-16-39)33(20(3)27(42)18-29(43)47-28)49-36-32(44)31(38(8)9)34(23(6)46-36)48-30-12-11-26(41)22(5)45-30/h13-16,19-24,26-28,30-36,39,41-42,44H,10-12,17-18H2,1-9H3/b15-13+,16-14-/t19-,20-,21+,22-,23-,24+,26+,27+,28+,30+,31-,32-,33-,34-,35-,36+,37-/m0/s1. The Kier molecular flexibility index (Phi) is 14.1. The van der Waals surface area contributed by atoms with Crippen LogP contribution in [-0.4, -0.2) is 130 Å². The van der Waals surface area contributed by atoms with Crippen LogP contribution in [0.5, 0.6) is 0 Å². The number of nitrogens with zero attached hydrogens (tertiary/aromatic N) is 1. The van der Waals surface area contributed by atoms with Crippen LogP contribution in [0.4, 0.5) is 0 Å². The maximum atomic E-state index is 13.4. The number of esters is 1. The zero-order valence-corrected chi connectivity index (χ0v) is 31.1. The number of ether oxygens (including phenoxy) is 6. The third-order valence-electron chi connectivity index (χ3n) is 11.2. The summed E-state index contributed by atoms with van der Waals surface area (Å²) in [4.78, 5) is 28.4. The Labute approximate surface area is 296 Å². The number of allylic oxidation sites excluding steroid dienone is 1. The summed E-state index contributed by atoms with van der Waals surface area (Å²) in [6.45, 7) is 12.9. The lowest BCUT2D eigenvalue weighted by Crippen LogP contribution is -2.64. The van der Waals surface area contributed by atoms with Crippen LogP contribution in [0.1, 0.15) is 80.6 Å². The lowest BCUT2D eigenvalue weighted by atomic mass is 9.81. The van der Waals surface area contributed by atoms with Crippen molar-refractivity contribution in [2.75, 3.05) is 14.1 Å². The van der Waals surface area contributed by atoms with Gasteiger partial charge in [0.05, 0.1) is 55.3 Å². The molecule has 0 radical (unpaired) electrons. The van der Waals surface area contributed by atoms with Crippen molar-refractivity contribution in [2.24, 2.45) is 23.7 Å². The first-order valence-corrected chi connectivity index (χ1v) is 18.2. The van der Waals surface area contributed by atoms with Crippen molar-refractivity contribution >= 4 is 11.8 Å². The molecule has 0 spiro atoms. The van der Waals surface area contributed by atoms with Gasteiger partial charge in [-0.15, -0.1) is 0 Å². The minimum Gasteiger partial charge on any atom is -0.516 e. The summed E-state index contributed by atoms with van der Waals surface area (Å²) in [5, 5.41) is 43.4. The molecular formula is C37H61NO12. The molecule has 0 aromatic carbocycles. The molecule has 13 heteroatoms. The van der Waals surface area contributed by atoms with E-state index >= 15 is 0 Å². The van der Waals surface area contributed by atoms with Crippen LogP contribution < -0.4 is 0 Å². The van der Waals surface area contributed by atoms with Gasteiger partial charge in [-0.3, -0.25) is 9.59 Å². The molecule has 0 aliphatic carbocycles. The normalized spacial score (nSPS) is 47.5. The minimum absolute atomic E-state index is 0.135. The van der Waals surface area contributed by atoms with E-state index in [9.17, 15) is 30.0 Å². The zero-order valence-electron chi connectivity index (χ0n) is 31.1. The highest BCUT2D eigenvalue weighted by Crippen LogP contribution is 2.45. The van der Waals surface area contributed by atoms with Crippen molar-refractivity contribution in [3.63, 3.8) is 0 Å². The molecule has 13 nitrogen and oxygen atoms in total. The maximum absolute atomic E-state index is 13.4. The molecule has 0 bridgehead atoms. The van der Waals surface area contributed by atoms with Crippen LogP contribution in [0.25, 0.3) is 0 Å². The van der Waals surface area contributed by atoms with Crippen LogP contribution in [0.2, 0.25) is 0 Å². The van der Waals surface area contributed by atoms with Gasteiger partial charge in [0.25, 0.3) is 0 Å². The molecule has 286 valence electrons. The average molecular weight is 712 g/mol. The molecule has 0 saturated carbocycles. The Morgan fingerprint density at radius 2 is 1.66 bits per heavy atom. The predicted molar refractivity (Wildman–Crippen MR) is 183 cm³/mol. The topological polar surface area (TPSA) is 177 Å². The second-order valence-electron chi connectivity index (χ2n) is 15.3. The first-order valence-electron chi connectivity index (χ1n) is 18.2. The van der Waals surface area contributed by atoms with E-state index in [1.807, 2.05) is 46.7 Å². The quantitative estimate of drug-likeness (QED) is 0.172.